The van der Waals surface area contributed by atoms with E-state index in [4.69, 9.17) is 0 Å². The van der Waals surface area contributed by atoms with E-state index in [9.17, 15) is 4.39 Å². The first-order valence-electron chi connectivity index (χ1n) is 6.61. The molecule has 0 spiro atoms. The Morgan fingerprint density at radius 1 is 1.22 bits per heavy atom. The maximum absolute atomic E-state index is 13.7. The smallest absolute Gasteiger partial charge is 0.127 e. The molecule has 18 heavy (non-hydrogen) atoms. The number of halogens is 1. The molecule has 2 nitrogen and oxygen atoms in total. The van der Waals surface area contributed by atoms with E-state index < -0.39 is 0 Å². The lowest BCUT2D eigenvalue weighted by atomic mass is 10.1. The third-order valence-electron chi connectivity index (χ3n) is 3.13. The molecular formula is C15H25FN2. The SMILES string of the molecule is CC(C)NCc1ccc(F)c(CN(C)C(C)C)c1. The van der Waals surface area contributed by atoms with Gasteiger partial charge in [-0.3, -0.25) is 4.90 Å². The van der Waals surface area contributed by atoms with Gasteiger partial charge in [-0.1, -0.05) is 26.0 Å². The standard InChI is InChI=1S/C15H25FN2/c1-11(2)17-9-13-6-7-15(16)14(8-13)10-18(5)12(3)4/h6-8,11-12,17H,9-10H2,1-5H3. The molecule has 0 aromatic heterocycles. The predicted octanol–water partition coefficient (Wildman–Crippen LogP) is 3.16. The Kier molecular flexibility index (Phi) is 5.76. The van der Waals surface area contributed by atoms with Crippen LogP contribution in [-0.4, -0.2) is 24.0 Å². The van der Waals surface area contributed by atoms with Crippen LogP contribution in [-0.2, 0) is 13.1 Å². The lowest BCUT2D eigenvalue weighted by Crippen LogP contribution is -2.26. The lowest BCUT2D eigenvalue weighted by molar-refractivity contribution is 0.262. The minimum absolute atomic E-state index is 0.115. The molecule has 0 saturated carbocycles. The summed E-state index contributed by atoms with van der Waals surface area (Å²) in [6.07, 6.45) is 0. The average molecular weight is 252 g/mol. The Balaban J connectivity index is 2.74. The van der Waals surface area contributed by atoms with Crippen molar-refractivity contribution in [3.8, 4) is 0 Å². The predicted molar refractivity (Wildman–Crippen MR) is 75.0 cm³/mol. The summed E-state index contributed by atoms with van der Waals surface area (Å²) in [6, 6.07) is 6.24. The number of nitrogens with zero attached hydrogens (tertiary/aromatic N) is 1. The Labute approximate surface area is 110 Å². The topological polar surface area (TPSA) is 15.3 Å². The maximum atomic E-state index is 13.7. The molecule has 1 N–H and O–H groups in total. The summed E-state index contributed by atoms with van der Waals surface area (Å²) in [6.45, 7) is 9.88. The number of rotatable bonds is 6. The van der Waals surface area contributed by atoms with Crippen molar-refractivity contribution in [2.24, 2.45) is 0 Å². The lowest BCUT2D eigenvalue weighted by Gasteiger charge is -2.21. The molecule has 3 heteroatoms. The molecule has 0 saturated heterocycles. The van der Waals surface area contributed by atoms with E-state index >= 15 is 0 Å². The van der Waals surface area contributed by atoms with Crippen LogP contribution in [0.4, 0.5) is 4.39 Å². The second-order valence-electron chi connectivity index (χ2n) is 5.47. The number of benzene rings is 1. The molecular weight excluding hydrogens is 227 g/mol. The monoisotopic (exact) mass is 252 g/mol. The third-order valence-corrected chi connectivity index (χ3v) is 3.13. The minimum atomic E-state index is -0.115. The molecule has 0 atom stereocenters. The molecule has 0 amide bonds. The summed E-state index contributed by atoms with van der Waals surface area (Å²) >= 11 is 0. The Bertz CT molecular complexity index is 375. The van der Waals surface area contributed by atoms with Crippen molar-refractivity contribution >= 4 is 0 Å². The van der Waals surface area contributed by atoms with Crippen molar-refractivity contribution in [1.29, 1.82) is 0 Å². The van der Waals surface area contributed by atoms with E-state index in [-0.39, 0.29) is 5.82 Å². The minimum Gasteiger partial charge on any atom is -0.310 e. The highest BCUT2D eigenvalue weighted by atomic mass is 19.1. The fourth-order valence-corrected chi connectivity index (χ4v) is 1.63. The zero-order valence-corrected chi connectivity index (χ0v) is 12.1. The Morgan fingerprint density at radius 3 is 2.44 bits per heavy atom. The van der Waals surface area contributed by atoms with Crippen LogP contribution in [0.3, 0.4) is 0 Å². The van der Waals surface area contributed by atoms with Crippen molar-refractivity contribution in [3.05, 3.63) is 35.1 Å². The molecule has 0 radical (unpaired) electrons. The van der Waals surface area contributed by atoms with Crippen molar-refractivity contribution in [2.45, 2.75) is 52.9 Å². The molecule has 102 valence electrons. The van der Waals surface area contributed by atoms with Crippen molar-refractivity contribution in [3.63, 3.8) is 0 Å². The second-order valence-corrected chi connectivity index (χ2v) is 5.47. The van der Waals surface area contributed by atoms with Crippen LogP contribution in [0.2, 0.25) is 0 Å². The van der Waals surface area contributed by atoms with Crippen molar-refractivity contribution in [1.82, 2.24) is 10.2 Å². The summed E-state index contributed by atoms with van der Waals surface area (Å²) < 4.78 is 13.7. The molecule has 0 unspecified atom stereocenters. The van der Waals surface area contributed by atoms with Gasteiger partial charge in [0.1, 0.15) is 5.82 Å². The largest absolute Gasteiger partial charge is 0.310 e. The quantitative estimate of drug-likeness (QED) is 0.836. The highest BCUT2D eigenvalue weighted by Crippen LogP contribution is 2.14. The summed E-state index contributed by atoms with van der Waals surface area (Å²) in [4.78, 5) is 2.14. The van der Waals surface area contributed by atoms with Gasteiger partial charge in [0.2, 0.25) is 0 Å². The van der Waals surface area contributed by atoms with Gasteiger partial charge < -0.3 is 5.32 Å². The van der Waals surface area contributed by atoms with E-state index in [1.54, 1.807) is 6.07 Å². The molecule has 1 aromatic rings. The van der Waals surface area contributed by atoms with Crippen LogP contribution >= 0.6 is 0 Å². The van der Waals surface area contributed by atoms with Gasteiger partial charge in [0.15, 0.2) is 0 Å². The second kappa shape index (κ2) is 6.86. The third kappa shape index (κ3) is 4.75. The molecule has 1 aromatic carbocycles. The van der Waals surface area contributed by atoms with Gasteiger partial charge in [-0.25, -0.2) is 4.39 Å². The maximum Gasteiger partial charge on any atom is 0.127 e. The summed E-state index contributed by atoms with van der Waals surface area (Å²) in [5.74, 6) is -0.115. The van der Waals surface area contributed by atoms with Crippen LogP contribution in [0.5, 0.6) is 0 Å². The number of hydrogen-bond donors (Lipinski definition) is 1. The van der Waals surface area contributed by atoms with Crippen LogP contribution in [0.15, 0.2) is 18.2 Å². The molecule has 0 aliphatic rings. The Morgan fingerprint density at radius 2 is 1.89 bits per heavy atom. The number of nitrogens with one attached hydrogen (secondary N) is 1. The molecule has 0 heterocycles. The van der Waals surface area contributed by atoms with Crippen molar-refractivity contribution < 1.29 is 4.39 Å². The van der Waals surface area contributed by atoms with E-state index in [0.29, 0.717) is 18.6 Å². The summed E-state index contributed by atoms with van der Waals surface area (Å²) in [7, 11) is 2.02. The first-order valence-corrected chi connectivity index (χ1v) is 6.61. The molecule has 0 aliphatic heterocycles. The summed E-state index contributed by atoms with van der Waals surface area (Å²) in [5, 5.41) is 3.35. The van der Waals surface area contributed by atoms with E-state index in [1.165, 1.54) is 0 Å². The summed E-state index contributed by atoms with van der Waals surface area (Å²) in [5.41, 5.74) is 1.91. The fraction of sp³-hybridized carbons (Fsp3) is 0.600. The average Bonchev–Trinajstić information content (AvgIpc) is 2.29. The van der Waals surface area contributed by atoms with E-state index in [1.807, 2.05) is 19.2 Å². The Hall–Kier alpha value is -0.930. The highest BCUT2D eigenvalue weighted by Gasteiger charge is 2.09. The molecule has 0 aliphatic carbocycles. The fourth-order valence-electron chi connectivity index (χ4n) is 1.63. The van der Waals surface area contributed by atoms with Gasteiger partial charge in [-0.05, 0) is 32.5 Å². The van der Waals surface area contributed by atoms with Gasteiger partial charge in [-0.15, -0.1) is 0 Å². The van der Waals surface area contributed by atoms with Crippen LogP contribution in [0.25, 0.3) is 0 Å². The highest BCUT2D eigenvalue weighted by molar-refractivity contribution is 5.25. The van der Waals surface area contributed by atoms with Crippen molar-refractivity contribution in [2.75, 3.05) is 7.05 Å². The zero-order valence-electron chi connectivity index (χ0n) is 12.1. The van der Waals surface area contributed by atoms with Gasteiger partial charge in [0.25, 0.3) is 0 Å². The molecule has 0 bridgehead atoms. The van der Waals surface area contributed by atoms with E-state index in [0.717, 1.165) is 17.7 Å². The van der Waals surface area contributed by atoms with Gasteiger partial charge in [0.05, 0.1) is 0 Å². The molecule has 0 fully saturated rings. The zero-order chi connectivity index (χ0) is 13.7. The van der Waals surface area contributed by atoms with Crippen LogP contribution < -0.4 is 5.32 Å². The van der Waals surface area contributed by atoms with Gasteiger partial charge in [0, 0.05) is 30.7 Å². The normalized spacial score (nSPS) is 11.8. The first kappa shape index (κ1) is 15.1. The van der Waals surface area contributed by atoms with E-state index in [2.05, 4.69) is 37.9 Å². The van der Waals surface area contributed by atoms with Gasteiger partial charge in [-0.2, -0.15) is 0 Å². The number of hydrogen-bond acceptors (Lipinski definition) is 2. The molecule has 1 rings (SSSR count). The van der Waals surface area contributed by atoms with Crippen LogP contribution in [0, 0.1) is 5.82 Å². The van der Waals surface area contributed by atoms with Gasteiger partial charge >= 0.3 is 0 Å². The first-order chi connectivity index (χ1) is 8.40. The van der Waals surface area contributed by atoms with Crippen LogP contribution in [0.1, 0.15) is 38.8 Å².